The van der Waals surface area contributed by atoms with Gasteiger partial charge in [-0.3, -0.25) is 14.5 Å². The molecule has 2 aliphatic rings. The summed E-state index contributed by atoms with van der Waals surface area (Å²) in [4.78, 5) is 41.3. The average molecular weight is 601 g/mol. The maximum atomic E-state index is 13.5. The van der Waals surface area contributed by atoms with Crippen LogP contribution in [0.2, 0.25) is 18.6 Å². The van der Waals surface area contributed by atoms with Gasteiger partial charge in [0.05, 0.1) is 30.9 Å². The highest BCUT2D eigenvalue weighted by atomic mass is 28.4. The number of aliphatic hydroxyl groups is 1. The average Bonchev–Trinajstić information content (AvgIpc) is 3.31. The number of hydrogen-bond acceptors (Lipinski definition) is 5. The van der Waals surface area contributed by atoms with Gasteiger partial charge in [0.25, 0.3) is 0 Å². The molecule has 43 heavy (non-hydrogen) atoms. The van der Waals surface area contributed by atoms with E-state index in [0.717, 1.165) is 41.8 Å². The van der Waals surface area contributed by atoms with Crippen LogP contribution in [0.15, 0.2) is 78.9 Å². The third-order valence-electron chi connectivity index (χ3n) is 9.01. The van der Waals surface area contributed by atoms with E-state index in [1.54, 1.807) is 4.90 Å². The van der Waals surface area contributed by atoms with E-state index in [0.29, 0.717) is 13.0 Å². The van der Waals surface area contributed by atoms with Crippen LogP contribution in [0.5, 0.6) is 0 Å². The topological polar surface area (TPSA) is 90.3 Å². The van der Waals surface area contributed by atoms with Crippen LogP contribution < -0.4 is 4.90 Å². The van der Waals surface area contributed by atoms with Gasteiger partial charge in [-0.2, -0.15) is 0 Å². The van der Waals surface area contributed by atoms with Crippen molar-refractivity contribution in [3.63, 3.8) is 0 Å². The summed E-state index contributed by atoms with van der Waals surface area (Å²) >= 11 is 0. The zero-order valence-electron chi connectivity index (χ0n) is 25.5. The normalized spacial score (nSPS) is 22.0. The van der Waals surface area contributed by atoms with Crippen LogP contribution in [0, 0.1) is 5.92 Å². The predicted octanol–water partition coefficient (Wildman–Crippen LogP) is 5.61. The molecule has 5 rings (SSSR count). The Morgan fingerprint density at radius 3 is 2.44 bits per heavy atom. The molecule has 2 aliphatic heterocycles. The van der Waals surface area contributed by atoms with Crippen LogP contribution in [-0.2, 0) is 33.7 Å². The Bertz CT molecular complexity index is 1410. The van der Waals surface area contributed by atoms with Crippen molar-refractivity contribution in [3.05, 3.63) is 95.6 Å². The molecule has 8 heteroatoms. The summed E-state index contributed by atoms with van der Waals surface area (Å²) in [5, 5.41) is 9.65. The Balaban J connectivity index is 1.28. The number of aryl methyl sites for hydroxylation is 2. The number of anilines is 2. The van der Waals surface area contributed by atoms with Crippen molar-refractivity contribution in [2.24, 2.45) is 5.92 Å². The van der Waals surface area contributed by atoms with E-state index < -0.39 is 8.32 Å². The number of aliphatic hydroxyl groups excluding tert-OH is 1. The van der Waals surface area contributed by atoms with Crippen molar-refractivity contribution in [2.75, 3.05) is 18.1 Å². The van der Waals surface area contributed by atoms with Crippen molar-refractivity contribution >= 4 is 31.5 Å². The molecule has 2 heterocycles. The zero-order chi connectivity index (χ0) is 30.6. The molecule has 0 bridgehead atoms. The van der Waals surface area contributed by atoms with Gasteiger partial charge < -0.3 is 19.5 Å². The lowest BCUT2D eigenvalue weighted by atomic mass is 9.94. The number of carbonyl (C=O) groups is 2. The second kappa shape index (κ2) is 13.6. The van der Waals surface area contributed by atoms with E-state index in [9.17, 15) is 19.5 Å². The maximum Gasteiger partial charge on any atom is 0.231 e. The fourth-order valence-corrected chi connectivity index (χ4v) is 9.60. The van der Waals surface area contributed by atoms with Crippen LogP contribution in [-0.4, -0.2) is 60.3 Å². The van der Waals surface area contributed by atoms with Gasteiger partial charge in [-0.25, -0.2) is 0 Å². The summed E-state index contributed by atoms with van der Waals surface area (Å²) in [6.45, 7) is 6.58. The number of amides is 2. The molecule has 0 aliphatic carbocycles. The van der Waals surface area contributed by atoms with E-state index in [4.69, 9.17) is 4.74 Å². The molecular weight excluding hydrogens is 556 g/mol. The molecule has 0 unspecified atom stereocenters. The highest BCUT2D eigenvalue weighted by molar-refractivity contribution is 6.71. The minimum absolute atomic E-state index is 0.0711. The standard InChI is InChI=1S/C35H44N2O5Si/c1-25-31(18-16-26-12-9-14-29(22-26)37-30-15-8-7-13-28(30)17-19-33(37)39)42-32(35(25)43(2,3)41)23-34(40)36(20-21-38)24-27-10-5-4-6-11-27/h4-15,22,25,31-32,35,38,41H,16-21,23-24H2,1-3H3/t25-,31+,32-,35+/m1/s1. The van der Waals surface area contributed by atoms with E-state index in [2.05, 4.69) is 25.1 Å². The third-order valence-corrected chi connectivity index (χ3v) is 11.5. The molecule has 0 saturated carbocycles. The van der Waals surface area contributed by atoms with Crippen molar-refractivity contribution in [1.29, 1.82) is 0 Å². The van der Waals surface area contributed by atoms with Crippen LogP contribution in [0.25, 0.3) is 0 Å². The molecule has 1 fully saturated rings. The Kier molecular flexibility index (Phi) is 9.81. The smallest absolute Gasteiger partial charge is 0.231 e. The molecule has 0 radical (unpaired) electrons. The summed E-state index contributed by atoms with van der Waals surface area (Å²) in [7, 11) is -2.66. The number of fused-ring (bicyclic) bond motifs is 1. The quantitative estimate of drug-likeness (QED) is 0.279. The van der Waals surface area contributed by atoms with Crippen LogP contribution >= 0.6 is 0 Å². The molecular formula is C35H44N2O5Si. The van der Waals surface area contributed by atoms with E-state index >= 15 is 0 Å². The van der Waals surface area contributed by atoms with Crippen LogP contribution in [0.1, 0.15) is 42.9 Å². The second-order valence-electron chi connectivity index (χ2n) is 12.5. The first kappa shape index (κ1) is 31.1. The first-order valence-corrected chi connectivity index (χ1v) is 18.5. The molecule has 228 valence electrons. The van der Waals surface area contributed by atoms with Crippen molar-refractivity contribution in [1.82, 2.24) is 4.90 Å². The molecule has 2 amide bonds. The number of ether oxygens (including phenoxy) is 1. The largest absolute Gasteiger partial charge is 0.432 e. The van der Waals surface area contributed by atoms with Crippen molar-refractivity contribution in [2.45, 2.75) is 76.4 Å². The Hall–Kier alpha value is -3.30. The van der Waals surface area contributed by atoms with Gasteiger partial charge in [-0.1, -0.05) is 67.6 Å². The van der Waals surface area contributed by atoms with Crippen molar-refractivity contribution < 1.29 is 24.2 Å². The summed E-state index contributed by atoms with van der Waals surface area (Å²) in [6, 6.07) is 26.0. The molecule has 1 saturated heterocycles. The lowest BCUT2D eigenvalue weighted by molar-refractivity contribution is -0.135. The summed E-state index contributed by atoms with van der Waals surface area (Å²) in [5.74, 6) is 0.137. The lowest BCUT2D eigenvalue weighted by Gasteiger charge is -2.31. The van der Waals surface area contributed by atoms with Crippen LogP contribution in [0.4, 0.5) is 11.4 Å². The number of nitrogens with zero attached hydrogens (tertiary/aromatic N) is 2. The third kappa shape index (κ3) is 7.26. The monoisotopic (exact) mass is 600 g/mol. The van der Waals surface area contributed by atoms with Crippen LogP contribution in [0.3, 0.4) is 0 Å². The van der Waals surface area contributed by atoms with E-state index in [-0.39, 0.29) is 55.1 Å². The Morgan fingerprint density at radius 1 is 0.977 bits per heavy atom. The predicted molar refractivity (Wildman–Crippen MR) is 172 cm³/mol. The maximum absolute atomic E-state index is 13.5. The molecule has 3 aromatic rings. The zero-order valence-corrected chi connectivity index (χ0v) is 26.5. The molecule has 4 atom stereocenters. The molecule has 3 aromatic carbocycles. The minimum Gasteiger partial charge on any atom is -0.432 e. The first-order valence-electron chi connectivity index (χ1n) is 15.5. The molecule has 0 aromatic heterocycles. The number of benzene rings is 3. The fraction of sp³-hybridized carbons (Fsp3) is 0.429. The van der Waals surface area contributed by atoms with Gasteiger partial charge in [-0.15, -0.1) is 0 Å². The van der Waals surface area contributed by atoms with Crippen molar-refractivity contribution in [3.8, 4) is 0 Å². The molecule has 7 nitrogen and oxygen atoms in total. The SMILES string of the molecule is C[C@H]1[C@H]([Si](C)(C)O)[C@@H](CC(=O)N(CCO)Cc2ccccc2)O[C@H]1CCc1cccc(N2C(=O)CCc3ccccc32)c1. The Morgan fingerprint density at radius 2 is 1.70 bits per heavy atom. The second-order valence-corrected chi connectivity index (χ2v) is 16.5. The Labute approximate surface area is 256 Å². The summed E-state index contributed by atoms with van der Waals surface area (Å²) in [5.41, 5.74) is 5.07. The number of hydrogen-bond donors (Lipinski definition) is 2. The van der Waals surface area contributed by atoms with Gasteiger partial charge in [0, 0.05) is 30.7 Å². The van der Waals surface area contributed by atoms with Gasteiger partial charge >= 0.3 is 0 Å². The van der Waals surface area contributed by atoms with E-state index in [1.165, 1.54) is 5.56 Å². The van der Waals surface area contributed by atoms with Gasteiger partial charge in [0.15, 0.2) is 8.32 Å². The number of carbonyl (C=O) groups excluding carboxylic acids is 2. The summed E-state index contributed by atoms with van der Waals surface area (Å²) < 4.78 is 6.59. The molecule has 0 spiro atoms. The minimum atomic E-state index is -2.66. The fourth-order valence-electron chi connectivity index (χ4n) is 7.00. The highest BCUT2D eigenvalue weighted by Gasteiger charge is 2.50. The van der Waals surface area contributed by atoms with Gasteiger partial charge in [-0.05, 0) is 73.2 Å². The van der Waals surface area contributed by atoms with Gasteiger partial charge in [0.1, 0.15) is 0 Å². The first-order chi connectivity index (χ1) is 20.7. The van der Waals surface area contributed by atoms with E-state index in [1.807, 2.05) is 78.7 Å². The lowest BCUT2D eigenvalue weighted by Crippen LogP contribution is -2.42. The number of para-hydroxylation sites is 1. The number of rotatable bonds is 11. The summed E-state index contributed by atoms with van der Waals surface area (Å²) in [6.07, 6.45) is 2.50. The highest BCUT2D eigenvalue weighted by Crippen LogP contribution is 2.46. The van der Waals surface area contributed by atoms with Gasteiger partial charge in [0.2, 0.25) is 11.8 Å². The molecule has 2 N–H and O–H groups in total.